The van der Waals surface area contributed by atoms with Gasteiger partial charge in [-0.25, -0.2) is 0 Å². The van der Waals surface area contributed by atoms with E-state index in [9.17, 15) is 9.59 Å². The van der Waals surface area contributed by atoms with E-state index < -0.39 is 5.41 Å². The molecule has 0 atom stereocenters. The summed E-state index contributed by atoms with van der Waals surface area (Å²) in [5, 5.41) is 0.659. The number of hydrogen-bond acceptors (Lipinski definition) is 4. The number of hydrogen-bond donors (Lipinski definition) is 0. The van der Waals surface area contributed by atoms with Crippen LogP contribution < -0.4 is 4.74 Å². The predicted octanol–water partition coefficient (Wildman–Crippen LogP) is 3.31. The number of benzene rings is 2. The first-order valence-corrected chi connectivity index (χ1v) is 11.4. The van der Waals surface area contributed by atoms with Crippen LogP contribution in [0.1, 0.15) is 24.0 Å². The molecule has 7 heteroatoms. The molecule has 0 aliphatic carbocycles. The van der Waals surface area contributed by atoms with Crippen LogP contribution in [0.4, 0.5) is 0 Å². The van der Waals surface area contributed by atoms with E-state index in [0.29, 0.717) is 63.7 Å². The van der Waals surface area contributed by atoms with E-state index in [4.69, 9.17) is 21.1 Å². The van der Waals surface area contributed by atoms with Crippen LogP contribution >= 0.6 is 11.6 Å². The van der Waals surface area contributed by atoms with Crippen LogP contribution in [-0.4, -0.2) is 68.1 Å². The lowest BCUT2D eigenvalue weighted by molar-refractivity contribution is -0.146. The molecule has 2 saturated heterocycles. The molecule has 170 valence electrons. The Morgan fingerprint density at radius 1 is 1.00 bits per heavy atom. The zero-order chi connectivity index (χ0) is 22.6. The molecule has 2 aromatic carbocycles. The fourth-order valence-electron chi connectivity index (χ4n) is 4.65. The van der Waals surface area contributed by atoms with E-state index in [1.807, 2.05) is 58.3 Å². The number of nitrogens with zero attached hydrogens (tertiary/aromatic N) is 2. The number of carbonyl (C=O) groups excluding carboxylic acids is 2. The smallest absolute Gasteiger partial charge is 0.233 e. The van der Waals surface area contributed by atoms with Gasteiger partial charge in [-0.1, -0.05) is 35.9 Å². The molecule has 2 heterocycles. The molecule has 2 fully saturated rings. The Balaban J connectivity index is 1.41. The average molecular weight is 457 g/mol. The number of halogens is 1. The van der Waals surface area contributed by atoms with E-state index in [0.717, 1.165) is 16.9 Å². The van der Waals surface area contributed by atoms with Crippen molar-refractivity contribution in [3.8, 4) is 5.75 Å². The third-order valence-corrected chi connectivity index (χ3v) is 6.81. The molecule has 2 aliphatic rings. The minimum atomic E-state index is -0.588. The van der Waals surface area contributed by atoms with Gasteiger partial charge in [0.05, 0.1) is 18.9 Å². The van der Waals surface area contributed by atoms with Gasteiger partial charge in [0.15, 0.2) is 0 Å². The first kappa shape index (κ1) is 22.6. The van der Waals surface area contributed by atoms with Gasteiger partial charge in [-0.3, -0.25) is 9.59 Å². The van der Waals surface area contributed by atoms with E-state index in [1.165, 1.54) is 0 Å². The molecule has 2 aromatic rings. The quantitative estimate of drug-likeness (QED) is 0.692. The van der Waals surface area contributed by atoms with Gasteiger partial charge in [-0.15, -0.1) is 0 Å². The topological polar surface area (TPSA) is 59.1 Å². The van der Waals surface area contributed by atoms with Crippen LogP contribution in [0, 0.1) is 0 Å². The van der Waals surface area contributed by atoms with Gasteiger partial charge in [0.1, 0.15) is 5.75 Å². The third-order valence-electron chi connectivity index (χ3n) is 6.56. The van der Waals surface area contributed by atoms with Crippen LogP contribution in [0.25, 0.3) is 0 Å². The van der Waals surface area contributed by atoms with Crippen molar-refractivity contribution < 1.29 is 19.1 Å². The summed E-state index contributed by atoms with van der Waals surface area (Å²) in [6, 6.07) is 15.2. The van der Waals surface area contributed by atoms with E-state index in [1.54, 1.807) is 7.11 Å². The molecule has 2 amide bonds. The summed E-state index contributed by atoms with van der Waals surface area (Å²) in [6.07, 6.45) is 1.64. The molecule has 2 aliphatic heterocycles. The van der Waals surface area contributed by atoms with Crippen LogP contribution in [0.15, 0.2) is 48.5 Å². The summed E-state index contributed by atoms with van der Waals surface area (Å²) in [5.41, 5.74) is 1.33. The monoisotopic (exact) mass is 456 g/mol. The average Bonchev–Trinajstić information content (AvgIpc) is 2.84. The molecule has 0 bridgehead atoms. The molecule has 6 nitrogen and oxygen atoms in total. The molecule has 0 N–H and O–H groups in total. The number of methoxy groups -OCH3 is 1. The maximum absolute atomic E-state index is 13.7. The third kappa shape index (κ3) is 4.76. The minimum Gasteiger partial charge on any atom is -0.497 e. The van der Waals surface area contributed by atoms with Gasteiger partial charge in [-0.2, -0.15) is 0 Å². The fourth-order valence-corrected chi connectivity index (χ4v) is 4.77. The second kappa shape index (κ2) is 9.92. The van der Waals surface area contributed by atoms with Crippen molar-refractivity contribution in [2.24, 2.45) is 0 Å². The molecular formula is C25H29ClN2O4. The lowest BCUT2D eigenvalue weighted by atomic mass is 9.73. The van der Waals surface area contributed by atoms with Crippen molar-refractivity contribution >= 4 is 23.4 Å². The van der Waals surface area contributed by atoms with Gasteiger partial charge in [0.2, 0.25) is 11.8 Å². The number of carbonyl (C=O) groups is 2. The first-order chi connectivity index (χ1) is 15.5. The van der Waals surface area contributed by atoms with Crippen LogP contribution in [0.5, 0.6) is 5.75 Å². The Hall–Kier alpha value is -2.57. The van der Waals surface area contributed by atoms with Crippen LogP contribution in [-0.2, 0) is 26.2 Å². The maximum atomic E-state index is 13.7. The molecule has 0 aromatic heterocycles. The number of amides is 2. The zero-order valence-corrected chi connectivity index (χ0v) is 19.1. The van der Waals surface area contributed by atoms with E-state index in [2.05, 4.69) is 0 Å². The number of ether oxygens (including phenoxy) is 2. The molecule has 0 saturated carbocycles. The maximum Gasteiger partial charge on any atom is 0.233 e. The summed E-state index contributed by atoms with van der Waals surface area (Å²) >= 11 is 6.08. The van der Waals surface area contributed by atoms with Crippen molar-refractivity contribution in [1.82, 2.24) is 9.80 Å². The standard InChI is InChI=1S/C25H29ClN2O4/c1-31-22-4-2-3-19(17-22)18-23(29)27-11-13-28(14-12-27)24(30)25(9-15-32-16-10-25)20-5-7-21(26)8-6-20/h2-8,17H,9-16,18H2,1H3. The van der Waals surface area contributed by atoms with Crippen molar-refractivity contribution in [2.75, 3.05) is 46.5 Å². The van der Waals surface area contributed by atoms with Crippen molar-refractivity contribution in [3.05, 3.63) is 64.7 Å². The van der Waals surface area contributed by atoms with Gasteiger partial charge in [-0.05, 0) is 48.2 Å². The van der Waals surface area contributed by atoms with Gasteiger partial charge in [0, 0.05) is 44.4 Å². The van der Waals surface area contributed by atoms with Gasteiger partial charge >= 0.3 is 0 Å². The lowest BCUT2D eigenvalue weighted by Gasteiger charge is -2.43. The molecule has 4 rings (SSSR count). The Bertz CT molecular complexity index is 949. The Kier molecular flexibility index (Phi) is 7.01. The van der Waals surface area contributed by atoms with E-state index in [-0.39, 0.29) is 11.8 Å². The normalized spacial score (nSPS) is 18.3. The highest BCUT2D eigenvalue weighted by Crippen LogP contribution is 2.37. The highest BCUT2D eigenvalue weighted by molar-refractivity contribution is 6.30. The Morgan fingerprint density at radius 3 is 2.31 bits per heavy atom. The molecule has 0 radical (unpaired) electrons. The second-order valence-electron chi connectivity index (χ2n) is 8.40. The van der Waals surface area contributed by atoms with E-state index >= 15 is 0 Å². The minimum absolute atomic E-state index is 0.0730. The predicted molar refractivity (Wildman–Crippen MR) is 123 cm³/mol. The van der Waals surface area contributed by atoms with Crippen molar-refractivity contribution in [3.63, 3.8) is 0 Å². The highest BCUT2D eigenvalue weighted by atomic mass is 35.5. The largest absolute Gasteiger partial charge is 0.497 e. The summed E-state index contributed by atoms with van der Waals surface area (Å²) in [4.78, 5) is 30.3. The zero-order valence-electron chi connectivity index (χ0n) is 18.4. The SMILES string of the molecule is COc1cccc(CC(=O)N2CCN(C(=O)C3(c4ccc(Cl)cc4)CCOCC3)CC2)c1. The van der Waals surface area contributed by atoms with Crippen molar-refractivity contribution in [1.29, 1.82) is 0 Å². The molecule has 0 unspecified atom stereocenters. The summed E-state index contributed by atoms with van der Waals surface area (Å²) in [6.45, 7) is 3.29. The van der Waals surface area contributed by atoms with Gasteiger partial charge in [0.25, 0.3) is 0 Å². The highest BCUT2D eigenvalue weighted by Gasteiger charge is 2.44. The summed E-state index contributed by atoms with van der Waals surface area (Å²) in [7, 11) is 1.62. The van der Waals surface area contributed by atoms with Crippen LogP contribution in [0.2, 0.25) is 5.02 Å². The fraction of sp³-hybridized carbons (Fsp3) is 0.440. The van der Waals surface area contributed by atoms with Gasteiger partial charge < -0.3 is 19.3 Å². The Morgan fingerprint density at radius 2 is 1.66 bits per heavy atom. The lowest BCUT2D eigenvalue weighted by Crippen LogP contribution is -2.57. The summed E-state index contributed by atoms with van der Waals surface area (Å²) < 4.78 is 10.8. The number of rotatable bonds is 5. The summed E-state index contributed by atoms with van der Waals surface area (Å²) in [5.74, 6) is 0.946. The Labute approximate surface area is 194 Å². The molecule has 32 heavy (non-hydrogen) atoms. The van der Waals surface area contributed by atoms with Crippen LogP contribution in [0.3, 0.4) is 0 Å². The van der Waals surface area contributed by atoms with Crippen molar-refractivity contribution in [2.45, 2.75) is 24.7 Å². The second-order valence-corrected chi connectivity index (χ2v) is 8.84. The first-order valence-electron chi connectivity index (χ1n) is 11.1. The molecular weight excluding hydrogens is 428 g/mol. The molecule has 0 spiro atoms. The number of piperazine rings is 1.